The molecule has 0 unspecified atom stereocenters. The molecule has 0 aromatic carbocycles. The summed E-state index contributed by atoms with van der Waals surface area (Å²) < 4.78 is 5.67. The first-order valence-electron chi connectivity index (χ1n) is 4.52. The number of pyridine rings is 1. The second kappa shape index (κ2) is 3.34. The molecule has 1 aromatic rings. The van der Waals surface area contributed by atoms with Crippen LogP contribution in [-0.4, -0.2) is 36.1 Å². The van der Waals surface area contributed by atoms with Gasteiger partial charge in [-0.2, -0.15) is 0 Å². The summed E-state index contributed by atoms with van der Waals surface area (Å²) in [5.74, 6) is 0.878. The Labute approximate surface area is 78.3 Å². The van der Waals surface area contributed by atoms with Crippen LogP contribution in [0.4, 0.5) is 0 Å². The normalized spacial score (nSPS) is 18.3. The number of hydrogen-bond acceptors (Lipinski definition) is 3. The first kappa shape index (κ1) is 8.51. The third-order valence-electron chi connectivity index (χ3n) is 2.22. The molecule has 0 atom stereocenters. The lowest BCUT2D eigenvalue weighted by molar-refractivity contribution is 0.0385. The molecule has 70 valence electrons. The molecule has 1 aliphatic rings. The van der Waals surface area contributed by atoms with Crippen LogP contribution in [0.1, 0.15) is 5.69 Å². The standard InChI is InChI=1S/C10H14N2O/c1-8-3-4-9(5-11-8)13-10-6-12(2)7-10/h3-5,10H,6-7H2,1-2H3. The largest absolute Gasteiger partial charge is 0.486 e. The molecule has 1 aliphatic heterocycles. The molecular formula is C10H14N2O. The molecule has 0 radical (unpaired) electrons. The van der Waals surface area contributed by atoms with Gasteiger partial charge in [0.2, 0.25) is 0 Å². The second-order valence-corrected chi connectivity index (χ2v) is 3.60. The SMILES string of the molecule is Cc1ccc(OC2CN(C)C2)cn1. The lowest BCUT2D eigenvalue weighted by atomic mass is 10.2. The topological polar surface area (TPSA) is 25.4 Å². The molecule has 0 saturated carbocycles. The molecule has 1 aromatic heterocycles. The summed E-state index contributed by atoms with van der Waals surface area (Å²) in [5, 5.41) is 0. The molecule has 0 bridgehead atoms. The lowest BCUT2D eigenvalue weighted by Gasteiger charge is -2.35. The van der Waals surface area contributed by atoms with Crippen molar-refractivity contribution in [1.29, 1.82) is 0 Å². The number of likely N-dealkylation sites (N-methyl/N-ethyl adjacent to an activating group) is 1. The van der Waals surface area contributed by atoms with Gasteiger partial charge in [0, 0.05) is 18.8 Å². The zero-order valence-corrected chi connectivity index (χ0v) is 8.03. The summed E-state index contributed by atoms with van der Waals surface area (Å²) in [5.41, 5.74) is 1.03. The van der Waals surface area contributed by atoms with Crippen LogP contribution in [0.3, 0.4) is 0 Å². The van der Waals surface area contributed by atoms with Crippen molar-refractivity contribution in [1.82, 2.24) is 9.88 Å². The highest BCUT2D eigenvalue weighted by molar-refractivity contribution is 5.19. The molecule has 2 heterocycles. The maximum atomic E-state index is 5.67. The van der Waals surface area contributed by atoms with Crippen molar-refractivity contribution in [3.8, 4) is 5.75 Å². The number of nitrogens with zero attached hydrogens (tertiary/aromatic N) is 2. The van der Waals surface area contributed by atoms with E-state index >= 15 is 0 Å². The molecule has 0 aliphatic carbocycles. The monoisotopic (exact) mass is 178 g/mol. The summed E-state index contributed by atoms with van der Waals surface area (Å²) in [6.07, 6.45) is 2.14. The zero-order chi connectivity index (χ0) is 9.26. The van der Waals surface area contributed by atoms with E-state index in [2.05, 4.69) is 16.9 Å². The highest BCUT2D eigenvalue weighted by Crippen LogP contribution is 2.15. The Morgan fingerprint density at radius 2 is 2.23 bits per heavy atom. The lowest BCUT2D eigenvalue weighted by Crippen LogP contribution is -2.51. The van der Waals surface area contributed by atoms with Gasteiger partial charge in [-0.3, -0.25) is 9.88 Å². The van der Waals surface area contributed by atoms with Gasteiger partial charge in [0.05, 0.1) is 6.20 Å². The smallest absolute Gasteiger partial charge is 0.138 e. The fraction of sp³-hybridized carbons (Fsp3) is 0.500. The Morgan fingerprint density at radius 1 is 1.46 bits per heavy atom. The van der Waals surface area contributed by atoms with E-state index in [9.17, 15) is 0 Å². The van der Waals surface area contributed by atoms with E-state index in [0.717, 1.165) is 24.5 Å². The van der Waals surface area contributed by atoms with Crippen LogP contribution in [0, 0.1) is 6.92 Å². The van der Waals surface area contributed by atoms with Crippen LogP contribution in [0.15, 0.2) is 18.3 Å². The minimum atomic E-state index is 0.356. The van der Waals surface area contributed by atoms with Gasteiger partial charge in [-0.15, -0.1) is 0 Å². The summed E-state index contributed by atoms with van der Waals surface area (Å²) in [4.78, 5) is 6.40. The average molecular weight is 178 g/mol. The minimum absolute atomic E-state index is 0.356. The Hall–Kier alpha value is -1.09. The van der Waals surface area contributed by atoms with Crippen molar-refractivity contribution in [2.45, 2.75) is 13.0 Å². The summed E-state index contributed by atoms with van der Waals surface area (Å²) in [7, 11) is 2.09. The summed E-state index contributed by atoms with van der Waals surface area (Å²) in [6.45, 7) is 4.02. The first-order chi connectivity index (χ1) is 6.24. The van der Waals surface area contributed by atoms with E-state index in [-0.39, 0.29) is 0 Å². The summed E-state index contributed by atoms with van der Waals surface area (Å²) in [6, 6.07) is 3.94. The van der Waals surface area contributed by atoms with E-state index in [1.54, 1.807) is 6.20 Å². The third-order valence-corrected chi connectivity index (χ3v) is 2.22. The van der Waals surface area contributed by atoms with Crippen molar-refractivity contribution in [2.24, 2.45) is 0 Å². The Kier molecular flexibility index (Phi) is 2.19. The van der Waals surface area contributed by atoms with Crippen LogP contribution in [0.5, 0.6) is 5.75 Å². The highest BCUT2D eigenvalue weighted by atomic mass is 16.5. The number of rotatable bonds is 2. The molecule has 3 heteroatoms. The number of ether oxygens (including phenoxy) is 1. The fourth-order valence-electron chi connectivity index (χ4n) is 1.43. The van der Waals surface area contributed by atoms with Crippen LogP contribution in [0.2, 0.25) is 0 Å². The number of aromatic nitrogens is 1. The van der Waals surface area contributed by atoms with Crippen molar-refractivity contribution in [3.05, 3.63) is 24.0 Å². The minimum Gasteiger partial charge on any atom is -0.486 e. The van der Waals surface area contributed by atoms with E-state index < -0.39 is 0 Å². The molecular weight excluding hydrogens is 164 g/mol. The van der Waals surface area contributed by atoms with Gasteiger partial charge in [0.1, 0.15) is 11.9 Å². The van der Waals surface area contributed by atoms with Crippen molar-refractivity contribution >= 4 is 0 Å². The number of hydrogen-bond donors (Lipinski definition) is 0. The highest BCUT2D eigenvalue weighted by Gasteiger charge is 2.24. The Morgan fingerprint density at radius 3 is 2.77 bits per heavy atom. The van der Waals surface area contributed by atoms with Gasteiger partial charge in [0.25, 0.3) is 0 Å². The fourth-order valence-corrected chi connectivity index (χ4v) is 1.43. The number of aryl methyl sites for hydroxylation is 1. The predicted octanol–water partition coefficient (Wildman–Crippen LogP) is 1.08. The summed E-state index contributed by atoms with van der Waals surface area (Å²) >= 11 is 0. The quantitative estimate of drug-likeness (QED) is 0.677. The Bertz CT molecular complexity index is 277. The van der Waals surface area contributed by atoms with E-state index in [1.165, 1.54) is 0 Å². The van der Waals surface area contributed by atoms with Gasteiger partial charge in [0.15, 0.2) is 0 Å². The Balaban J connectivity index is 1.91. The maximum Gasteiger partial charge on any atom is 0.138 e. The molecule has 1 saturated heterocycles. The first-order valence-corrected chi connectivity index (χ1v) is 4.52. The van der Waals surface area contributed by atoms with Crippen LogP contribution < -0.4 is 4.74 Å². The third kappa shape index (κ3) is 1.98. The van der Waals surface area contributed by atoms with Crippen LogP contribution in [-0.2, 0) is 0 Å². The molecule has 0 spiro atoms. The van der Waals surface area contributed by atoms with E-state index in [4.69, 9.17) is 4.74 Å². The van der Waals surface area contributed by atoms with Crippen molar-refractivity contribution < 1.29 is 4.74 Å². The molecule has 3 nitrogen and oxygen atoms in total. The molecule has 2 rings (SSSR count). The van der Waals surface area contributed by atoms with Crippen LogP contribution in [0.25, 0.3) is 0 Å². The molecule has 0 N–H and O–H groups in total. The van der Waals surface area contributed by atoms with Crippen molar-refractivity contribution in [3.63, 3.8) is 0 Å². The second-order valence-electron chi connectivity index (χ2n) is 3.60. The predicted molar refractivity (Wildman–Crippen MR) is 50.9 cm³/mol. The number of likely N-dealkylation sites (tertiary alicyclic amines) is 1. The van der Waals surface area contributed by atoms with Gasteiger partial charge >= 0.3 is 0 Å². The maximum absolute atomic E-state index is 5.67. The van der Waals surface area contributed by atoms with Gasteiger partial charge < -0.3 is 4.74 Å². The molecule has 13 heavy (non-hydrogen) atoms. The van der Waals surface area contributed by atoms with Crippen LogP contribution >= 0.6 is 0 Å². The van der Waals surface area contributed by atoms with Crippen molar-refractivity contribution in [2.75, 3.05) is 20.1 Å². The average Bonchev–Trinajstić information content (AvgIpc) is 2.06. The molecule has 1 fully saturated rings. The van der Waals surface area contributed by atoms with E-state index in [1.807, 2.05) is 19.1 Å². The van der Waals surface area contributed by atoms with Gasteiger partial charge in [-0.25, -0.2) is 0 Å². The van der Waals surface area contributed by atoms with Gasteiger partial charge in [-0.1, -0.05) is 0 Å². The zero-order valence-electron chi connectivity index (χ0n) is 8.03. The van der Waals surface area contributed by atoms with E-state index in [0.29, 0.717) is 6.10 Å². The molecule has 0 amide bonds. The van der Waals surface area contributed by atoms with Gasteiger partial charge in [-0.05, 0) is 26.1 Å².